The number of aromatic nitrogens is 3. The molecule has 8 heteroatoms. The Morgan fingerprint density at radius 3 is 2.55 bits per heavy atom. The van der Waals surface area contributed by atoms with Crippen molar-refractivity contribution in [3.8, 4) is 11.1 Å². The van der Waals surface area contributed by atoms with Gasteiger partial charge in [-0.05, 0) is 47.5 Å². The van der Waals surface area contributed by atoms with Crippen LogP contribution >= 0.6 is 0 Å². The largest absolute Gasteiger partial charge is 0.422 e. The second-order valence-electron chi connectivity index (χ2n) is 6.46. The Labute approximate surface area is 165 Å². The van der Waals surface area contributed by atoms with Crippen LogP contribution in [-0.2, 0) is 0 Å². The third-order valence-corrected chi connectivity index (χ3v) is 4.66. The van der Waals surface area contributed by atoms with Crippen LogP contribution in [0.4, 0.5) is 11.5 Å². The Morgan fingerprint density at radius 1 is 1.07 bits per heavy atom. The third-order valence-electron chi connectivity index (χ3n) is 4.66. The van der Waals surface area contributed by atoms with Crippen molar-refractivity contribution in [1.82, 2.24) is 14.7 Å². The number of hydrogen-bond acceptors (Lipinski definition) is 6. The van der Waals surface area contributed by atoms with Gasteiger partial charge in [0.2, 0.25) is 5.91 Å². The summed E-state index contributed by atoms with van der Waals surface area (Å²) in [6.45, 7) is 0. The van der Waals surface area contributed by atoms with Gasteiger partial charge in [-0.25, -0.2) is 9.78 Å². The summed E-state index contributed by atoms with van der Waals surface area (Å²) in [6.07, 6.45) is 1.49. The Morgan fingerprint density at radius 2 is 1.83 bits per heavy atom. The highest BCUT2D eigenvalue weighted by Gasteiger charge is 2.15. The van der Waals surface area contributed by atoms with Gasteiger partial charge in [0.05, 0.1) is 5.39 Å². The number of benzene rings is 2. The molecule has 4 rings (SSSR count). The van der Waals surface area contributed by atoms with E-state index in [1.807, 2.05) is 30.3 Å². The molecule has 0 aliphatic carbocycles. The average Bonchev–Trinajstić information content (AvgIpc) is 2.76. The summed E-state index contributed by atoms with van der Waals surface area (Å²) >= 11 is 0. The van der Waals surface area contributed by atoms with Gasteiger partial charge in [-0.1, -0.05) is 24.3 Å². The summed E-state index contributed by atoms with van der Waals surface area (Å²) in [4.78, 5) is 33.2. The Hall–Kier alpha value is -4.20. The number of fused-ring (bicyclic) bond motifs is 1. The van der Waals surface area contributed by atoms with E-state index in [4.69, 9.17) is 5.73 Å². The first-order valence-electron chi connectivity index (χ1n) is 8.77. The standard InChI is InChI=1S/C21H17N5O3/c1-25(20-17-6-3-11-23-19(17)26(29)21(28)24-20)16-9-7-13(8-10-16)14-4-2-5-15(12-14)18(22)27/h2-12,29H,1H3,(H2,22,27). The minimum absolute atomic E-state index is 0.134. The van der Waals surface area contributed by atoms with Gasteiger partial charge in [0.1, 0.15) is 5.82 Å². The van der Waals surface area contributed by atoms with E-state index < -0.39 is 11.6 Å². The van der Waals surface area contributed by atoms with Crippen molar-refractivity contribution < 1.29 is 10.0 Å². The average molecular weight is 387 g/mol. The van der Waals surface area contributed by atoms with Gasteiger partial charge in [0, 0.05) is 24.5 Å². The molecule has 0 aliphatic heterocycles. The summed E-state index contributed by atoms with van der Waals surface area (Å²) in [5.41, 5.74) is 7.69. The zero-order valence-corrected chi connectivity index (χ0v) is 15.5. The molecular formula is C21H17N5O3. The van der Waals surface area contributed by atoms with Crippen LogP contribution in [0.25, 0.3) is 22.2 Å². The second-order valence-corrected chi connectivity index (χ2v) is 6.46. The zero-order valence-electron chi connectivity index (χ0n) is 15.5. The van der Waals surface area contributed by atoms with Gasteiger partial charge in [0.25, 0.3) is 0 Å². The molecule has 2 aromatic carbocycles. The van der Waals surface area contributed by atoms with E-state index in [1.165, 1.54) is 6.20 Å². The molecule has 0 bridgehead atoms. The van der Waals surface area contributed by atoms with E-state index in [0.717, 1.165) is 16.8 Å². The summed E-state index contributed by atoms with van der Waals surface area (Å²) in [7, 11) is 1.78. The van der Waals surface area contributed by atoms with Gasteiger partial charge >= 0.3 is 5.69 Å². The van der Waals surface area contributed by atoms with Crippen molar-refractivity contribution >= 4 is 28.4 Å². The van der Waals surface area contributed by atoms with Crippen LogP contribution in [-0.4, -0.2) is 32.9 Å². The van der Waals surface area contributed by atoms with Gasteiger partial charge < -0.3 is 15.8 Å². The quantitative estimate of drug-likeness (QED) is 0.520. The number of amides is 1. The Bertz CT molecular complexity index is 1280. The molecule has 0 unspecified atom stereocenters. The van der Waals surface area contributed by atoms with Crippen molar-refractivity contribution in [3.63, 3.8) is 0 Å². The molecule has 0 spiro atoms. The fourth-order valence-corrected chi connectivity index (χ4v) is 3.14. The van der Waals surface area contributed by atoms with E-state index in [9.17, 15) is 14.8 Å². The summed E-state index contributed by atoms with van der Waals surface area (Å²) in [6, 6.07) is 18.1. The lowest BCUT2D eigenvalue weighted by Gasteiger charge is -2.20. The number of carbonyl (C=O) groups excluding carboxylic acids is 1. The van der Waals surface area contributed by atoms with Crippen LogP contribution < -0.4 is 16.3 Å². The monoisotopic (exact) mass is 387 g/mol. The SMILES string of the molecule is CN(c1ccc(-c2cccc(C(N)=O)c2)cc1)c1nc(=O)n(O)c2ncccc12. The van der Waals surface area contributed by atoms with Crippen LogP contribution in [0, 0.1) is 0 Å². The predicted molar refractivity (Wildman–Crippen MR) is 109 cm³/mol. The molecule has 2 aromatic heterocycles. The Balaban J connectivity index is 1.73. The number of primary amides is 1. The molecule has 2 heterocycles. The van der Waals surface area contributed by atoms with Crippen molar-refractivity contribution in [3.05, 3.63) is 82.9 Å². The topological polar surface area (TPSA) is 114 Å². The lowest BCUT2D eigenvalue weighted by atomic mass is 10.0. The molecule has 0 fully saturated rings. The molecule has 0 aliphatic rings. The molecule has 4 aromatic rings. The van der Waals surface area contributed by atoms with Crippen LogP contribution in [0.1, 0.15) is 10.4 Å². The van der Waals surface area contributed by atoms with Gasteiger partial charge in [-0.15, -0.1) is 4.73 Å². The summed E-state index contributed by atoms with van der Waals surface area (Å²) in [5, 5.41) is 10.4. The fourth-order valence-electron chi connectivity index (χ4n) is 3.14. The van der Waals surface area contributed by atoms with Crippen LogP contribution in [0.15, 0.2) is 71.7 Å². The van der Waals surface area contributed by atoms with E-state index in [0.29, 0.717) is 21.5 Å². The first-order chi connectivity index (χ1) is 14.0. The van der Waals surface area contributed by atoms with Crippen molar-refractivity contribution in [2.75, 3.05) is 11.9 Å². The molecule has 0 radical (unpaired) electrons. The molecule has 3 N–H and O–H groups in total. The number of nitrogens with zero attached hydrogens (tertiary/aromatic N) is 4. The maximum Gasteiger partial charge on any atom is 0.384 e. The van der Waals surface area contributed by atoms with E-state index in [2.05, 4.69) is 9.97 Å². The minimum atomic E-state index is -0.807. The molecule has 1 amide bonds. The maximum absolute atomic E-state index is 12.0. The van der Waals surface area contributed by atoms with Crippen LogP contribution in [0.3, 0.4) is 0 Å². The maximum atomic E-state index is 12.0. The normalized spacial score (nSPS) is 10.8. The van der Waals surface area contributed by atoms with Crippen LogP contribution in [0.5, 0.6) is 0 Å². The van der Waals surface area contributed by atoms with Crippen molar-refractivity contribution in [2.24, 2.45) is 5.73 Å². The summed E-state index contributed by atoms with van der Waals surface area (Å²) < 4.78 is 0.432. The smallest absolute Gasteiger partial charge is 0.384 e. The third kappa shape index (κ3) is 3.27. The number of anilines is 2. The van der Waals surface area contributed by atoms with Gasteiger partial charge in [-0.3, -0.25) is 4.79 Å². The first kappa shape index (κ1) is 18.2. The van der Waals surface area contributed by atoms with Gasteiger partial charge in [0.15, 0.2) is 5.65 Å². The minimum Gasteiger partial charge on any atom is -0.422 e. The molecule has 0 saturated heterocycles. The van der Waals surface area contributed by atoms with Crippen LogP contribution in [0.2, 0.25) is 0 Å². The van der Waals surface area contributed by atoms with Crippen molar-refractivity contribution in [1.29, 1.82) is 0 Å². The molecule has 144 valence electrons. The highest BCUT2D eigenvalue weighted by molar-refractivity contribution is 5.94. The fraction of sp³-hybridized carbons (Fsp3) is 0.0476. The number of hydrogen-bond donors (Lipinski definition) is 2. The lowest BCUT2D eigenvalue weighted by molar-refractivity contribution is 0.100. The van der Waals surface area contributed by atoms with E-state index in [-0.39, 0.29) is 5.65 Å². The highest BCUT2D eigenvalue weighted by atomic mass is 16.5. The highest BCUT2D eigenvalue weighted by Crippen LogP contribution is 2.29. The number of pyridine rings is 1. The van der Waals surface area contributed by atoms with E-state index in [1.54, 1.807) is 42.3 Å². The molecule has 0 atom stereocenters. The summed E-state index contributed by atoms with van der Waals surface area (Å²) in [5.74, 6) is -0.0970. The van der Waals surface area contributed by atoms with Gasteiger partial charge in [-0.2, -0.15) is 4.98 Å². The Kier molecular flexibility index (Phi) is 4.44. The predicted octanol–water partition coefficient (Wildman–Crippen LogP) is 2.56. The molecule has 8 nitrogen and oxygen atoms in total. The lowest BCUT2D eigenvalue weighted by Crippen LogP contribution is -2.25. The molecule has 0 saturated carbocycles. The molecular weight excluding hydrogens is 370 g/mol. The second kappa shape index (κ2) is 7.08. The first-order valence-corrected chi connectivity index (χ1v) is 8.77. The van der Waals surface area contributed by atoms with E-state index >= 15 is 0 Å². The molecule has 29 heavy (non-hydrogen) atoms. The number of carbonyl (C=O) groups is 1. The van der Waals surface area contributed by atoms with Crippen molar-refractivity contribution in [2.45, 2.75) is 0 Å². The zero-order chi connectivity index (χ0) is 20.5. The number of nitrogens with two attached hydrogens (primary N) is 1. The number of rotatable bonds is 4.